The fourth-order valence-corrected chi connectivity index (χ4v) is 5.70. The largest absolute Gasteiger partial charge is 0.493 e. The molecule has 2 N–H and O–H groups in total. The Morgan fingerprint density at radius 1 is 1.10 bits per heavy atom. The third-order valence-corrected chi connectivity index (χ3v) is 8.33. The summed E-state index contributed by atoms with van der Waals surface area (Å²) < 4.78 is 17.4. The lowest BCUT2D eigenvalue weighted by molar-refractivity contribution is -0.141. The maximum atomic E-state index is 13.0. The number of hydrogen-bond acceptors (Lipinski definition) is 6. The Labute approximate surface area is 241 Å². The molecule has 40 heavy (non-hydrogen) atoms. The van der Waals surface area contributed by atoms with Crippen molar-refractivity contribution >= 4 is 11.5 Å². The zero-order valence-electron chi connectivity index (χ0n) is 25.3. The Kier molecular flexibility index (Phi) is 11.9. The van der Waals surface area contributed by atoms with Crippen LogP contribution in [0, 0.1) is 23.2 Å². The van der Waals surface area contributed by atoms with Gasteiger partial charge in [0.2, 0.25) is 0 Å². The van der Waals surface area contributed by atoms with Gasteiger partial charge in [0.1, 0.15) is 24.2 Å². The van der Waals surface area contributed by atoms with E-state index in [1.807, 2.05) is 49.4 Å². The predicted molar refractivity (Wildman–Crippen MR) is 160 cm³/mol. The van der Waals surface area contributed by atoms with Gasteiger partial charge in [-0.2, -0.15) is 0 Å². The molecule has 1 aromatic carbocycles. The molecule has 2 aliphatic rings. The van der Waals surface area contributed by atoms with Crippen LogP contribution in [0.25, 0.3) is 5.57 Å². The number of fused-ring (bicyclic) bond motifs is 1. The first-order chi connectivity index (χ1) is 19.1. The van der Waals surface area contributed by atoms with Crippen molar-refractivity contribution in [3.05, 3.63) is 59.4 Å². The fourth-order valence-electron chi connectivity index (χ4n) is 5.70. The highest BCUT2D eigenvalue weighted by Crippen LogP contribution is 2.39. The smallest absolute Gasteiger partial charge is 0.339 e. The molecule has 4 unspecified atom stereocenters. The van der Waals surface area contributed by atoms with E-state index in [9.17, 15) is 9.90 Å². The molecule has 1 aromatic rings. The minimum atomic E-state index is -0.536. The van der Waals surface area contributed by atoms with Gasteiger partial charge in [-0.05, 0) is 78.3 Å². The molecule has 0 saturated carbocycles. The van der Waals surface area contributed by atoms with Crippen LogP contribution in [0.15, 0.2) is 48.3 Å². The highest BCUT2D eigenvalue weighted by atomic mass is 16.5. The minimum absolute atomic E-state index is 0.0789. The summed E-state index contributed by atoms with van der Waals surface area (Å²) in [7, 11) is 0. The molecule has 6 nitrogen and oxygen atoms in total. The van der Waals surface area contributed by atoms with E-state index in [0.29, 0.717) is 42.6 Å². The van der Waals surface area contributed by atoms with Crippen LogP contribution in [-0.2, 0) is 20.7 Å². The van der Waals surface area contributed by atoms with Gasteiger partial charge in [-0.1, -0.05) is 66.2 Å². The van der Waals surface area contributed by atoms with Crippen LogP contribution in [0.3, 0.4) is 0 Å². The molecule has 3 rings (SSSR count). The zero-order chi connectivity index (χ0) is 29.3. The Morgan fingerprint density at radius 3 is 2.55 bits per heavy atom. The van der Waals surface area contributed by atoms with Crippen molar-refractivity contribution in [2.45, 2.75) is 92.3 Å². The maximum Gasteiger partial charge on any atom is 0.339 e. The van der Waals surface area contributed by atoms with Gasteiger partial charge in [0.15, 0.2) is 0 Å². The third-order valence-electron chi connectivity index (χ3n) is 8.33. The van der Waals surface area contributed by atoms with Crippen molar-refractivity contribution in [1.82, 2.24) is 0 Å². The van der Waals surface area contributed by atoms with Gasteiger partial charge in [-0.15, -0.1) is 0 Å². The van der Waals surface area contributed by atoms with E-state index in [4.69, 9.17) is 19.3 Å². The lowest BCUT2D eigenvalue weighted by Gasteiger charge is -2.36. The highest BCUT2D eigenvalue weighted by molar-refractivity contribution is 6.17. The van der Waals surface area contributed by atoms with E-state index >= 15 is 0 Å². The number of aliphatic hydroxyl groups is 2. The first-order valence-corrected chi connectivity index (χ1v) is 15.1. The van der Waals surface area contributed by atoms with Crippen LogP contribution in [-0.4, -0.2) is 48.2 Å². The van der Waals surface area contributed by atoms with Crippen LogP contribution in [0.1, 0.15) is 84.8 Å². The second-order valence-electron chi connectivity index (χ2n) is 12.3. The predicted octanol–water partition coefficient (Wildman–Crippen LogP) is 6.65. The quantitative estimate of drug-likeness (QED) is 0.176. The van der Waals surface area contributed by atoms with Crippen LogP contribution in [0.5, 0.6) is 5.75 Å². The molecule has 6 heteroatoms. The lowest BCUT2D eigenvalue weighted by Crippen LogP contribution is -2.31. The topological polar surface area (TPSA) is 85.2 Å². The molecule has 0 aromatic heterocycles. The first kappa shape index (κ1) is 32.0. The van der Waals surface area contributed by atoms with Gasteiger partial charge in [-0.25, -0.2) is 4.79 Å². The van der Waals surface area contributed by atoms with Gasteiger partial charge in [-0.3, -0.25) is 0 Å². The number of hydrogen-bond donors (Lipinski definition) is 2. The van der Waals surface area contributed by atoms with E-state index in [2.05, 4.69) is 34.6 Å². The second-order valence-corrected chi connectivity index (χ2v) is 12.3. The van der Waals surface area contributed by atoms with Gasteiger partial charge < -0.3 is 24.4 Å². The lowest BCUT2D eigenvalue weighted by atomic mass is 9.70. The molecular weight excluding hydrogens is 504 g/mol. The van der Waals surface area contributed by atoms with Gasteiger partial charge in [0, 0.05) is 18.9 Å². The summed E-state index contributed by atoms with van der Waals surface area (Å²) in [6.45, 7) is 14.3. The van der Waals surface area contributed by atoms with Gasteiger partial charge >= 0.3 is 5.97 Å². The average molecular weight is 555 g/mol. The molecule has 222 valence electrons. The molecule has 0 fully saturated rings. The zero-order valence-corrected chi connectivity index (χ0v) is 25.3. The Hall–Kier alpha value is -2.57. The van der Waals surface area contributed by atoms with Crippen molar-refractivity contribution in [1.29, 1.82) is 0 Å². The standard InChI is InChI=1S/C34H50O6/c1-7-25-18-28(38-17-9-16-35)13-14-30(25)31-19-26-11-12-29(20-32(26)40-33(31)37)39-22-27(36)10-8-15-34(6,24(4)5)21-23(2)3/h11-14,18-20,23-24,26-27,32,35-36H,7-10,15-17,21-22H2,1-6H3. The van der Waals surface area contributed by atoms with E-state index in [1.54, 1.807) is 0 Å². The molecule has 1 aliphatic heterocycles. The number of aliphatic hydroxyl groups excluding tert-OH is 2. The molecule has 0 saturated heterocycles. The Morgan fingerprint density at radius 2 is 1.88 bits per heavy atom. The van der Waals surface area contributed by atoms with Crippen LogP contribution < -0.4 is 4.74 Å². The molecule has 0 amide bonds. The number of rotatable bonds is 16. The minimum Gasteiger partial charge on any atom is -0.493 e. The fraction of sp³-hybridized carbons (Fsp3) is 0.618. The molecular formula is C34H50O6. The summed E-state index contributed by atoms with van der Waals surface area (Å²) in [4.78, 5) is 13.0. The number of ether oxygens (including phenoxy) is 3. The van der Waals surface area contributed by atoms with Crippen molar-refractivity contribution < 1.29 is 29.2 Å². The number of allylic oxidation sites excluding steroid dienone is 1. The van der Waals surface area contributed by atoms with E-state index in [0.717, 1.165) is 36.1 Å². The maximum absolute atomic E-state index is 13.0. The van der Waals surface area contributed by atoms with Crippen molar-refractivity contribution in [3.8, 4) is 5.75 Å². The molecule has 0 radical (unpaired) electrons. The summed E-state index contributed by atoms with van der Waals surface area (Å²) in [5.74, 6) is 2.17. The number of esters is 1. The van der Waals surface area contributed by atoms with Gasteiger partial charge in [0.25, 0.3) is 0 Å². The number of aryl methyl sites for hydroxylation is 1. The highest BCUT2D eigenvalue weighted by Gasteiger charge is 2.33. The Bertz CT molecular complexity index is 1070. The van der Waals surface area contributed by atoms with E-state index < -0.39 is 12.2 Å². The van der Waals surface area contributed by atoms with Crippen molar-refractivity contribution in [2.75, 3.05) is 19.8 Å². The number of carbonyl (C=O) groups is 1. The summed E-state index contributed by atoms with van der Waals surface area (Å²) in [5.41, 5.74) is 2.70. The monoisotopic (exact) mass is 554 g/mol. The molecule has 1 aliphatic carbocycles. The molecule has 0 spiro atoms. The SMILES string of the molecule is CCc1cc(OCCCO)ccc1C1=CC2C=CC(OCC(O)CCCC(C)(CC(C)C)C(C)C)=CC2OC1=O. The molecule has 0 bridgehead atoms. The Balaban J connectivity index is 1.56. The summed E-state index contributed by atoms with van der Waals surface area (Å²) in [6, 6.07) is 5.72. The van der Waals surface area contributed by atoms with E-state index in [1.165, 1.54) is 6.42 Å². The van der Waals surface area contributed by atoms with Crippen molar-refractivity contribution in [2.24, 2.45) is 23.2 Å². The molecule has 1 heterocycles. The summed E-state index contributed by atoms with van der Waals surface area (Å²) in [5, 5.41) is 19.5. The molecule has 4 atom stereocenters. The van der Waals surface area contributed by atoms with Crippen LogP contribution in [0.2, 0.25) is 0 Å². The summed E-state index contributed by atoms with van der Waals surface area (Å²) in [6.07, 6.45) is 12.0. The van der Waals surface area contributed by atoms with Crippen molar-refractivity contribution in [3.63, 3.8) is 0 Å². The number of carbonyl (C=O) groups excluding carboxylic acids is 1. The summed E-state index contributed by atoms with van der Waals surface area (Å²) >= 11 is 0. The van der Waals surface area contributed by atoms with Crippen LogP contribution in [0.4, 0.5) is 0 Å². The number of benzene rings is 1. The van der Waals surface area contributed by atoms with E-state index in [-0.39, 0.29) is 30.5 Å². The average Bonchev–Trinajstić information content (AvgIpc) is 2.91. The first-order valence-electron chi connectivity index (χ1n) is 15.1. The normalized spacial score (nSPS) is 20.9. The second kappa shape index (κ2) is 14.9. The van der Waals surface area contributed by atoms with Crippen LogP contribution >= 0.6 is 0 Å². The van der Waals surface area contributed by atoms with Gasteiger partial charge in [0.05, 0.1) is 18.3 Å². The third kappa shape index (κ3) is 8.71.